The summed E-state index contributed by atoms with van der Waals surface area (Å²) in [5.74, 6) is -1.65. The van der Waals surface area contributed by atoms with Crippen molar-refractivity contribution in [3.8, 4) is 0 Å². The van der Waals surface area contributed by atoms with Gasteiger partial charge in [-0.05, 0) is 66.7 Å². The van der Waals surface area contributed by atoms with Gasteiger partial charge >= 0.3 is 0 Å². The van der Waals surface area contributed by atoms with Crippen LogP contribution in [-0.2, 0) is 0 Å². The van der Waals surface area contributed by atoms with Crippen molar-refractivity contribution in [1.82, 2.24) is 9.80 Å². The molecule has 0 radical (unpaired) electrons. The van der Waals surface area contributed by atoms with Gasteiger partial charge in [-0.25, -0.2) is 8.78 Å². The molecule has 1 heterocycles. The van der Waals surface area contributed by atoms with Crippen LogP contribution in [0.4, 0.5) is 14.5 Å². The van der Waals surface area contributed by atoms with Gasteiger partial charge < -0.3 is 15.1 Å². The van der Waals surface area contributed by atoms with Crippen molar-refractivity contribution in [1.29, 1.82) is 0 Å². The topological polar surface area (TPSA) is 69.7 Å². The number of nitrogens with one attached hydrogen (secondary N) is 1. The molecule has 1 fully saturated rings. The van der Waals surface area contributed by atoms with Gasteiger partial charge in [0, 0.05) is 48.6 Å². The molecule has 3 aromatic rings. The number of benzene rings is 3. The Bertz CT molecular complexity index is 1170. The Morgan fingerprint density at radius 3 is 1.67 bits per heavy atom. The largest absolute Gasteiger partial charge is 0.335 e. The summed E-state index contributed by atoms with van der Waals surface area (Å²) in [6.07, 6.45) is 0. The van der Waals surface area contributed by atoms with Crippen LogP contribution in [0.3, 0.4) is 0 Å². The fourth-order valence-electron chi connectivity index (χ4n) is 3.60. The smallest absolute Gasteiger partial charge is 0.255 e. The molecule has 0 unspecified atom stereocenters. The third-order valence-electron chi connectivity index (χ3n) is 5.42. The van der Waals surface area contributed by atoms with Crippen molar-refractivity contribution < 1.29 is 23.2 Å². The fraction of sp³-hybridized carbons (Fsp3) is 0.160. The maximum absolute atomic E-state index is 13.1. The van der Waals surface area contributed by atoms with Gasteiger partial charge in [0.25, 0.3) is 17.7 Å². The molecule has 4 rings (SSSR count). The van der Waals surface area contributed by atoms with Crippen LogP contribution in [0.5, 0.6) is 0 Å². The lowest BCUT2D eigenvalue weighted by atomic mass is 10.1. The first-order valence-electron chi connectivity index (χ1n) is 10.4. The average Bonchev–Trinajstić information content (AvgIpc) is 2.84. The molecule has 33 heavy (non-hydrogen) atoms. The summed E-state index contributed by atoms with van der Waals surface area (Å²) in [5.41, 5.74) is 1.56. The van der Waals surface area contributed by atoms with E-state index in [0.717, 1.165) is 0 Å². The number of hydrogen-bond acceptors (Lipinski definition) is 3. The maximum Gasteiger partial charge on any atom is 0.255 e. The van der Waals surface area contributed by atoms with E-state index in [9.17, 15) is 23.2 Å². The van der Waals surface area contributed by atoms with Crippen LogP contribution in [-0.4, -0.2) is 53.7 Å². The average molecular weight is 449 g/mol. The molecule has 1 aliphatic rings. The van der Waals surface area contributed by atoms with Crippen LogP contribution >= 0.6 is 0 Å². The highest BCUT2D eigenvalue weighted by Crippen LogP contribution is 2.17. The summed E-state index contributed by atoms with van der Waals surface area (Å²) >= 11 is 0. The molecule has 6 nitrogen and oxygen atoms in total. The Labute approximate surface area is 189 Å². The molecule has 3 amide bonds. The lowest BCUT2D eigenvalue weighted by Crippen LogP contribution is -2.50. The summed E-state index contributed by atoms with van der Waals surface area (Å²) in [5, 5.41) is 2.71. The molecule has 0 aliphatic carbocycles. The van der Waals surface area contributed by atoms with Crippen LogP contribution in [0.15, 0.2) is 72.8 Å². The number of hydrogen-bond donors (Lipinski definition) is 1. The highest BCUT2D eigenvalue weighted by molar-refractivity contribution is 6.05. The zero-order valence-corrected chi connectivity index (χ0v) is 17.6. The third kappa shape index (κ3) is 5.23. The maximum atomic E-state index is 13.1. The SMILES string of the molecule is O=C(Nc1cccc(C(=O)N2CCN(C(=O)c3ccc(F)cc3)CC2)c1)c1ccc(F)cc1. The molecule has 0 saturated carbocycles. The van der Waals surface area contributed by atoms with Crippen LogP contribution in [0.2, 0.25) is 0 Å². The fourth-order valence-corrected chi connectivity index (χ4v) is 3.60. The van der Waals surface area contributed by atoms with Crippen molar-refractivity contribution in [3.05, 3.63) is 101 Å². The zero-order valence-electron chi connectivity index (χ0n) is 17.6. The van der Waals surface area contributed by atoms with Crippen molar-refractivity contribution in [2.45, 2.75) is 0 Å². The van der Waals surface area contributed by atoms with E-state index in [-0.39, 0.29) is 11.8 Å². The molecular weight excluding hydrogens is 428 g/mol. The summed E-state index contributed by atoms with van der Waals surface area (Å²) in [6, 6.07) is 17.1. The van der Waals surface area contributed by atoms with Crippen LogP contribution < -0.4 is 5.32 Å². The number of carbonyl (C=O) groups excluding carboxylic acids is 3. The van der Waals surface area contributed by atoms with Gasteiger partial charge in [0.15, 0.2) is 0 Å². The van der Waals surface area contributed by atoms with Gasteiger partial charge in [-0.15, -0.1) is 0 Å². The number of anilines is 1. The quantitative estimate of drug-likeness (QED) is 0.659. The third-order valence-corrected chi connectivity index (χ3v) is 5.42. The zero-order chi connectivity index (χ0) is 23.4. The van der Waals surface area contributed by atoms with E-state index in [1.54, 1.807) is 34.1 Å². The predicted molar refractivity (Wildman–Crippen MR) is 119 cm³/mol. The van der Waals surface area contributed by atoms with Crippen molar-refractivity contribution in [3.63, 3.8) is 0 Å². The van der Waals surface area contributed by atoms with Crippen LogP contribution in [0.1, 0.15) is 31.1 Å². The Kier molecular flexibility index (Phi) is 6.44. The summed E-state index contributed by atoms with van der Waals surface area (Å²) < 4.78 is 26.1. The minimum absolute atomic E-state index is 0.201. The van der Waals surface area contributed by atoms with Crippen LogP contribution in [0.25, 0.3) is 0 Å². The summed E-state index contributed by atoms with van der Waals surface area (Å²) in [4.78, 5) is 41.2. The van der Waals surface area contributed by atoms with Crippen molar-refractivity contribution in [2.75, 3.05) is 31.5 Å². The van der Waals surface area contributed by atoms with Gasteiger partial charge in [-0.3, -0.25) is 14.4 Å². The Morgan fingerprint density at radius 1 is 0.636 bits per heavy atom. The second-order valence-corrected chi connectivity index (χ2v) is 7.63. The van der Waals surface area contributed by atoms with Gasteiger partial charge in [0.2, 0.25) is 0 Å². The minimum Gasteiger partial charge on any atom is -0.335 e. The lowest BCUT2D eigenvalue weighted by Gasteiger charge is -2.35. The van der Waals surface area contributed by atoms with Gasteiger partial charge in [-0.2, -0.15) is 0 Å². The molecule has 8 heteroatoms. The molecule has 1 N–H and O–H groups in total. The minimum atomic E-state index is -0.432. The van der Waals surface area contributed by atoms with Crippen molar-refractivity contribution >= 4 is 23.4 Å². The molecular formula is C25H21F2N3O3. The van der Waals surface area contributed by atoms with E-state index in [0.29, 0.717) is 48.6 Å². The monoisotopic (exact) mass is 449 g/mol. The molecule has 168 valence electrons. The van der Waals surface area contributed by atoms with Gasteiger partial charge in [-0.1, -0.05) is 6.07 Å². The molecule has 1 aliphatic heterocycles. The standard InChI is InChI=1S/C25H21F2N3O3/c26-20-8-4-17(5-9-20)23(31)28-22-3-1-2-19(16-22)25(33)30-14-12-29(13-15-30)24(32)18-6-10-21(27)11-7-18/h1-11,16H,12-15H2,(H,28,31). The first-order chi connectivity index (χ1) is 15.9. The first-order valence-corrected chi connectivity index (χ1v) is 10.4. The Morgan fingerprint density at radius 2 is 1.12 bits per heavy atom. The number of rotatable bonds is 4. The van der Waals surface area contributed by atoms with E-state index >= 15 is 0 Å². The predicted octanol–water partition coefficient (Wildman–Crippen LogP) is 3.82. The Hall–Kier alpha value is -4.07. The molecule has 0 atom stereocenters. The summed E-state index contributed by atoms with van der Waals surface area (Å²) in [7, 11) is 0. The number of amides is 3. The Balaban J connectivity index is 1.37. The molecule has 0 bridgehead atoms. The number of nitrogens with zero attached hydrogens (tertiary/aromatic N) is 2. The van der Waals surface area contributed by atoms with E-state index in [1.807, 2.05) is 0 Å². The molecule has 0 spiro atoms. The second kappa shape index (κ2) is 9.60. The van der Waals surface area contributed by atoms with Gasteiger partial charge in [0.1, 0.15) is 11.6 Å². The molecule has 0 aromatic heterocycles. The van der Waals surface area contributed by atoms with E-state index in [2.05, 4.69) is 5.32 Å². The summed E-state index contributed by atoms with van der Waals surface area (Å²) in [6.45, 7) is 1.45. The molecule has 3 aromatic carbocycles. The van der Waals surface area contributed by atoms with Gasteiger partial charge in [0.05, 0.1) is 0 Å². The van der Waals surface area contributed by atoms with Crippen LogP contribution in [0, 0.1) is 11.6 Å². The lowest BCUT2D eigenvalue weighted by molar-refractivity contribution is 0.0535. The van der Waals surface area contributed by atoms with E-state index in [4.69, 9.17) is 0 Å². The number of piperazine rings is 1. The number of halogens is 2. The molecule has 1 saturated heterocycles. The van der Waals surface area contributed by atoms with E-state index in [1.165, 1.54) is 48.5 Å². The highest BCUT2D eigenvalue weighted by atomic mass is 19.1. The highest BCUT2D eigenvalue weighted by Gasteiger charge is 2.25. The van der Waals surface area contributed by atoms with E-state index < -0.39 is 17.5 Å². The second-order valence-electron chi connectivity index (χ2n) is 7.63. The first kappa shape index (κ1) is 22.1. The normalized spacial score (nSPS) is 13.5. The van der Waals surface area contributed by atoms with Crippen molar-refractivity contribution in [2.24, 2.45) is 0 Å². The number of carbonyl (C=O) groups is 3.